The molecule has 0 aliphatic heterocycles. The molecule has 0 spiro atoms. The highest BCUT2D eigenvalue weighted by molar-refractivity contribution is 8.13. The van der Waals surface area contributed by atoms with Crippen LogP contribution in [0.2, 0.25) is 0 Å². The lowest BCUT2D eigenvalue weighted by molar-refractivity contribution is -0.114. The third-order valence-corrected chi connectivity index (χ3v) is 5.77. The molecule has 27 heavy (non-hydrogen) atoms. The van der Waals surface area contributed by atoms with Crippen molar-refractivity contribution in [1.82, 2.24) is 9.55 Å². The molecule has 2 unspecified atom stereocenters. The predicted molar refractivity (Wildman–Crippen MR) is 113 cm³/mol. The van der Waals surface area contributed by atoms with Gasteiger partial charge < -0.3 is 4.57 Å². The SMILES string of the molecule is CC(C)(C)C(C(=O)SC(Cn1ccnc1)c1ccccc1)c1ccccc1. The summed E-state index contributed by atoms with van der Waals surface area (Å²) in [5.41, 5.74) is 2.09. The number of benzene rings is 2. The Labute approximate surface area is 165 Å². The first-order valence-corrected chi connectivity index (χ1v) is 10.1. The summed E-state index contributed by atoms with van der Waals surface area (Å²) in [6.07, 6.45) is 5.52. The Balaban J connectivity index is 1.88. The molecule has 3 aromatic rings. The number of thioether (sulfide) groups is 1. The molecule has 0 fully saturated rings. The molecule has 1 heterocycles. The second kappa shape index (κ2) is 8.57. The summed E-state index contributed by atoms with van der Waals surface area (Å²) >= 11 is 1.44. The second-order valence-electron chi connectivity index (χ2n) is 7.81. The van der Waals surface area contributed by atoms with Crippen molar-refractivity contribution in [2.45, 2.75) is 38.5 Å². The molecule has 0 amide bonds. The number of carbonyl (C=O) groups is 1. The first-order valence-electron chi connectivity index (χ1n) is 9.21. The molecular formula is C23H26N2OS. The molecule has 0 bridgehead atoms. The second-order valence-corrected chi connectivity index (χ2v) is 9.01. The van der Waals surface area contributed by atoms with Crippen LogP contribution in [0.15, 0.2) is 79.4 Å². The zero-order valence-electron chi connectivity index (χ0n) is 16.1. The number of rotatable bonds is 6. The average molecular weight is 379 g/mol. The fraction of sp³-hybridized carbons (Fsp3) is 0.304. The van der Waals surface area contributed by atoms with Crippen LogP contribution < -0.4 is 0 Å². The molecular weight excluding hydrogens is 352 g/mol. The van der Waals surface area contributed by atoms with Gasteiger partial charge in [-0.3, -0.25) is 4.79 Å². The van der Waals surface area contributed by atoms with E-state index >= 15 is 0 Å². The Hall–Kier alpha value is -2.33. The van der Waals surface area contributed by atoms with Crippen LogP contribution in [0.3, 0.4) is 0 Å². The predicted octanol–water partition coefficient (Wildman–Crippen LogP) is 5.71. The van der Waals surface area contributed by atoms with Gasteiger partial charge in [-0.1, -0.05) is 93.2 Å². The van der Waals surface area contributed by atoms with Gasteiger partial charge in [0.2, 0.25) is 0 Å². The van der Waals surface area contributed by atoms with Gasteiger partial charge in [-0.25, -0.2) is 4.98 Å². The number of imidazole rings is 1. The van der Waals surface area contributed by atoms with Crippen LogP contribution in [0.1, 0.15) is 43.1 Å². The van der Waals surface area contributed by atoms with Crippen LogP contribution in [0.25, 0.3) is 0 Å². The van der Waals surface area contributed by atoms with Gasteiger partial charge in [0.15, 0.2) is 5.12 Å². The van der Waals surface area contributed by atoms with E-state index in [0.717, 1.165) is 11.1 Å². The number of hydrogen-bond donors (Lipinski definition) is 0. The minimum Gasteiger partial charge on any atom is -0.336 e. The largest absolute Gasteiger partial charge is 0.336 e. The van der Waals surface area contributed by atoms with Crippen molar-refractivity contribution >= 4 is 16.9 Å². The Bertz CT molecular complexity index is 839. The fourth-order valence-corrected chi connectivity index (χ4v) is 4.75. The van der Waals surface area contributed by atoms with Crippen molar-refractivity contribution in [3.8, 4) is 0 Å². The van der Waals surface area contributed by atoms with E-state index in [4.69, 9.17) is 0 Å². The molecule has 0 saturated heterocycles. The number of carbonyl (C=O) groups excluding carboxylic acids is 1. The van der Waals surface area contributed by atoms with Crippen LogP contribution >= 0.6 is 11.8 Å². The van der Waals surface area contributed by atoms with Gasteiger partial charge in [-0.2, -0.15) is 0 Å². The van der Waals surface area contributed by atoms with Crippen LogP contribution in [-0.4, -0.2) is 14.7 Å². The quantitative estimate of drug-likeness (QED) is 0.551. The molecule has 4 heteroatoms. The third-order valence-electron chi connectivity index (χ3n) is 4.60. The summed E-state index contributed by atoms with van der Waals surface area (Å²) in [5, 5.41) is 0.254. The molecule has 0 N–H and O–H groups in total. The van der Waals surface area contributed by atoms with Crippen molar-refractivity contribution in [1.29, 1.82) is 0 Å². The van der Waals surface area contributed by atoms with E-state index in [1.54, 1.807) is 12.5 Å². The highest BCUT2D eigenvalue weighted by atomic mass is 32.2. The van der Waals surface area contributed by atoms with Gasteiger partial charge in [-0.05, 0) is 16.5 Å². The van der Waals surface area contributed by atoms with E-state index in [2.05, 4.69) is 50.0 Å². The van der Waals surface area contributed by atoms with Gasteiger partial charge in [-0.15, -0.1) is 0 Å². The third kappa shape index (κ3) is 5.10. The van der Waals surface area contributed by atoms with Crippen molar-refractivity contribution in [2.24, 2.45) is 5.41 Å². The summed E-state index contributed by atoms with van der Waals surface area (Å²) in [6.45, 7) is 7.12. The van der Waals surface area contributed by atoms with E-state index < -0.39 is 0 Å². The molecule has 0 radical (unpaired) electrons. The lowest BCUT2D eigenvalue weighted by atomic mass is 9.77. The van der Waals surface area contributed by atoms with E-state index in [1.165, 1.54) is 11.8 Å². The zero-order chi connectivity index (χ0) is 19.3. The van der Waals surface area contributed by atoms with E-state index in [9.17, 15) is 4.79 Å². The molecule has 140 valence electrons. The summed E-state index contributed by atoms with van der Waals surface area (Å²) in [6, 6.07) is 20.4. The first-order chi connectivity index (χ1) is 12.9. The fourth-order valence-electron chi connectivity index (χ4n) is 3.31. The zero-order valence-corrected chi connectivity index (χ0v) is 16.9. The Morgan fingerprint density at radius 2 is 1.59 bits per heavy atom. The molecule has 0 aliphatic rings. The normalized spacial score (nSPS) is 13.9. The summed E-state index contributed by atoms with van der Waals surface area (Å²) in [5.74, 6) is -0.155. The summed E-state index contributed by atoms with van der Waals surface area (Å²) in [4.78, 5) is 17.6. The maximum absolute atomic E-state index is 13.4. The summed E-state index contributed by atoms with van der Waals surface area (Å²) < 4.78 is 2.03. The van der Waals surface area contributed by atoms with Gasteiger partial charge in [0.25, 0.3) is 0 Å². The molecule has 3 rings (SSSR count). The Kier molecular flexibility index (Phi) is 6.17. The smallest absolute Gasteiger partial charge is 0.197 e. The number of hydrogen-bond acceptors (Lipinski definition) is 3. The molecule has 2 aromatic carbocycles. The maximum atomic E-state index is 13.4. The van der Waals surface area contributed by atoms with E-state index in [0.29, 0.717) is 6.54 Å². The molecule has 0 saturated carbocycles. The van der Waals surface area contributed by atoms with Crippen molar-refractivity contribution in [3.05, 3.63) is 90.5 Å². The molecule has 2 atom stereocenters. The van der Waals surface area contributed by atoms with Crippen LogP contribution in [0.4, 0.5) is 0 Å². The molecule has 0 aliphatic carbocycles. The monoisotopic (exact) mass is 378 g/mol. The highest BCUT2D eigenvalue weighted by Crippen LogP contribution is 2.42. The van der Waals surface area contributed by atoms with E-state index in [1.807, 2.05) is 47.2 Å². The topological polar surface area (TPSA) is 34.9 Å². The lowest BCUT2D eigenvalue weighted by Crippen LogP contribution is -2.25. The molecule has 1 aromatic heterocycles. The van der Waals surface area contributed by atoms with Gasteiger partial charge in [0.05, 0.1) is 17.5 Å². The standard InChI is InChI=1S/C23H26N2OS/c1-23(2,3)21(19-12-8-5-9-13-19)22(26)27-20(16-25-15-14-24-17-25)18-10-6-4-7-11-18/h4-15,17,20-21H,16H2,1-3H3. The van der Waals surface area contributed by atoms with Crippen molar-refractivity contribution in [3.63, 3.8) is 0 Å². The van der Waals surface area contributed by atoms with Crippen LogP contribution in [-0.2, 0) is 11.3 Å². The lowest BCUT2D eigenvalue weighted by Gasteiger charge is -2.31. The summed E-state index contributed by atoms with van der Waals surface area (Å²) in [7, 11) is 0. The minimum absolute atomic E-state index is 0.0430. The number of aromatic nitrogens is 2. The van der Waals surface area contributed by atoms with E-state index in [-0.39, 0.29) is 21.7 Å². The van der Waals surface area contributed by atoms with Crippen molar-refractivity contribution in [2.75, 3.05) is 0 Å². The van der Waals surface area contributed by atoms with Crippen LogP contribution in [0.5, 0.6) is 0 Å². The minimum atomic E-state index is -0.155. The Morgan fingerprint density at radius 3 is 2.11 bits per heavy atom. The van der Waals surface area contributed by atoms with Gasteiger partial charge in [0.1, 0.15) is 0 Å². The Morgan fingerprint density at radius 1 is 1.00 bits per heavy atom. The van der Waals surface area contributed by atoms with Gasteiger partial charge >= 0.3 is 0 Å². The highest BCUT2D eigenvalue weighted by Gasteiger charge is 2.34. The number of nitrogens with zero attached hydrogens (tertiary/aromatic N) is 2. The van der Waals surface area contributed by atoms with Crippen LogP contribution in [0, 0.1) is 5.41 Å². The average Bonchev–Trinajstić information content (AvgIpc) is 3.15. The first kappa shape index (κ1) is 19.4. The van der Waals surface area contributed by atoms with Gasteiger partial charge in [0, 0.05) is 18.9 Å². The maximum Gasteiger partial charge on any atom is 0.197 e. The van der Waals surface area contributed by atoms with Crippen molar-refractivity contribution < 1.29 is 4.79 Å². The molecule has 3 nitrogen and oxygen atoms in total.